The molecule has 2 rings (SSSR count). The molecule has 0 saturated heterocycles. The van der Waals surface area contributed by atoms with Crippen LogP contribution in [0.3, 0.4) is 0 Å². The zero-order valence-electron chi connectivity index (χ0n) is 8.12. The van der Waals surface area contributed by atoms with Crippen molar-refractivity contribution in [3.8, 4) is 0 Å². The van der Waals surface area contributed by atoms with Gasteiger partial charge in [-0.1, -0.05) is 5.16 Å². The molecule has 0 aliphatic heterocycles. The molecule has 2 aromatic rings. The van der Waals surface area contributed by atoms with Crippen molar-refractivity contribution < 1.29 is 9.45 Å². The second-order valence-corrected chi connectivity index (χ2v) is 3.84. The lowest BCUT2D eigenvalue weighted by Gasteiger charge is -1.88. The minimum absolute atomic E-state index is 0.226. The molecule has 0 spiro atoms. The van der Waals surface area contributed by atoms with Crippen LogP contribution in [0.1, 0.15) is 11.7 Å². The normalized spacial score (nSPS) is 10.6. The summed E-state index contributed by atoms with van der Waals surface area (Å²) >= 11 is 3.05. The van der Waals surface area contributed by atoms with Crippen LogP contribution in [0.2, 0.25) is 0 Å². The first-order chi connectivity index (χ1) is 7.56. The van der Waals surface area contributed by atoms with Crippen LogP contribution < -0.4 is 0 Å². The van der Waals surface area contributed by atoms with Crippen molar-refractivity contribution in [1.29, 1.82) is 0 Å². The first-order valence-corrected chi connectivity index (χ1v) is 5.02. The fraction of sp³-hybridized carbons (Fsp3) is 0.286. The zero-order chi connectivity index (χ0) is 11.7. The van der Waals surface area contributed by atoms with Crippen LogP contribution in [-0.4, -0.2) is 24.8 Å². The lowest BCUT2D eigenvalue weighted by Crippen LogP contribution is -2.02. The van der Waals surface area contributed by atoms with Gasteiger partial charge in [0.2, 0.25) is 5.89 Å². The topological polar surface area (TPSA) is 99.9 Å². The van der Waals surface area contributed by atoms with Crippen molar-refractivity contribution in [3.63, 3.8) is 0 Å². The van der Waals surface area contributed by atoms with Gasteiger partial charge in [-0.2, -0.15) is 9.67 Å². The average Bonchev–Trinajstić information content (AvgIpc) is 2.73. The maximum absolute atomic E-state index is 10.5. The standard InChI is InChI=1S/C7H6BrN5O3/c1-4-9-6(11-16-4)3-12-2-5(8)7(10-12)13(14)15/h2H,3H2,1H3. The number of hydrogen-bond donors (Lipinski definition) is 0. The summed E-state index contributed by atoms with van der Waals surface area (Å²) in [5.41, 5.74) is 0. The molecule has 84 valence electrons. The van der Waals surface area contributed by atoms with Gasteiger partial charge in [0.25, 0.3) is 0 Å². The molecule has 0 radical (unpaired) electrons. The Kier molecular flexibility index (Phi) is 2.69. The smallest absolute Gasteiger partial charge is 0.358 e. The van der Waals surface area contributed by atoms with Crippen LogP contribution in [0, 0.1) is 17.0 Å². The Bertz CT molecular complexity index is 534. The third-order valence-corrected chi connectivity index (χ3v) is 2.30. The minimum Gasteiger partial charge on any atom is -0.358 e. The molecule has 16 heavy (non-hydrogen) atoms. The van der Waals surface area contributed by atoms with E-state index in [1.807, 2.05) is 0 Å². The van der Waals surface area contributed by atoms with Gasteiger partial charge in [-0.3, -0.25) is 0 Å². The number of aryl methyl sites for hydroxylation is 1. The Morgan fingerprint density at radius 3 is 2.94 bits per heavy atom. The monoisotopic (exact) mass is 287 g/mol. The number of nitrogens with zero attached hydrogens (tertiary/aromatic N) is 5. The van der Waals surface area contributed by atoms with Crippen LogP contribution in [0.4, 0.5) is 5.82 Å². The van der Waals surface area contributed by atoms with Crippen LogP contribution in [-0.2, 0) is 6.54 Å². The van der Waals surface area contributed by atoms with Gasteiger partial charge < -0.3 is 14.6 Å². The van der Waals surface area contributed by atoms with Crippen molar-refractivity contribution >= 4 is 21.7 Å². The summed E-state index contributed by atoms with van der Waals surface area (Å²) in [5.74, 6) is 0.623. The van der Waals surface area contributed by atoms with Crippen molar-refractivity contribution in [3.05, 3.63) is 32.5 Å². The van der Waals surface area contributed by atoms with E-state index in [4.69, 9.17) is 4.52 Å². The Balaban J connectivity index is 2.22. The summed E-state index contributed by atoms with van der Waals surface area (Å²) in [5, 5.41) is 18.0. The van der Waals surface area contributed by atoms with Crippen LogP contribution in [0.25, 0.3) is 0 Å². The second kappa shape index (κ2) is 4.00. The lowest BCUT2D eigenvalue weighted by atomic mass is 10.6. The van der Waals surface area contributed by atoms with E-state index in [0.29, 0.717) is 16.2 Å². The molecule has 2 heterocycles. The molecule has 0 atom stereocenters. The molecule has 0 bridgehead atoms. The Morgan fingerprint density at radius 1 is 1.69 bits per heavy atom. The van der Waals surface area contributed by atoms with E-state index < -0.39 is 4.92 Å². The van der Waals surface area contributed by atoms with Gasteiger partial charge in [0.1, 0.15) is 11.0 Å². The van der Waals surface area contributed by atoms with E-state index in [1.165, 1.54) is 10.9 Å². The van der Waals surface area contributed by atoms with Gasteiger partial charge in [-0.25, -0.2) is 0 Å². The zero-order valence-corrected chi connectivity index (χ0v) is 9.71. The summed E-state index contributed by atoms with van der Waals surface area (Å²) in [6.07, 6.45) is 1.49. The van der Waals surface area contributed by atoms with Crippen molar-refractivity contribution in [2.45, 2.75) is 13.5 Å². The largest absolute Gasteiger partial charge is 0.404 e. The molecular formula is C7H6BrN5O3. The lowest BCUT2D eigenvalue weighted by molar-refractivity contribution is -0.390. The van der Waals surface area contributed by atoms with E-state index >= 15 is 0 Å². The maximum atomic E-state index is 10.5. The molecule has 0 amide bonds. The van der Waals surface area contributed by atoms with E-state index in [0.717, 1.165) is 0 Å². The van der Waals surface area contributed by atoms with Crippen molar-refractivity contribution in [2.24, 2.45) is 0 Å². The molecule has 8 nitrogen and oxygen atoms in total. The van der Waals surface area contributed by atoms with E-state index in [2.05, 4.69) is 31.2 Å². The third-order valence-electron chi connectivity index (χ3n) is 1.75. The van der Waals surface area contributed by atoms with Gasteiger partial charge in [0.15, 0.2) is 5.82 Å². The SMILES string of the molecule is Cc1nc(Cn2cc(Br)c([N+](=O)[O-])n2)no1. The van der Waals surface area contributed by atoms with E-state index in [-0.39, 0.29) is 12.4 Å². The van der Waals surface area contributed by atoms with E-state index in [1.54, 1.807) is 6.92 Å². The number of nitro groups is 1. The van der Waals surface area contributed by atoms with Crippen LogP contribution in [0.5, 0.6) is 0 Å². The number of hydrogen-bond acceptors (Lipinski definition) is 6. The summed E-state index contributed by atoms with van der Waals surface area (Å²) in [6.45, 7) is 1.89. The third kappa shape index (κ3) is 2.08. The van der Waals surface area contributed by atoms with E-state index in [9.17, 15) is 10.1 Å². The highest BCUT2D eigenvalue weighted by molar-refractivity contribution is 9.10. The maximum Gasteiger partial charge on any atom is 0.404 e. The number of halogens is 1. The van der Waals surface area contributed by atoms with Crippen molar-refractivity contribution in [1.82, 2.24) is 19.9 Å². The molecule has 0 aliphatic carbocycles. The quantitative estimate of drug-likeness (QED) is 0.623. The number of aromatic nitrogens is 4. The molecule has 9 heteroatoms. The molecule has 0 aliphatic rings. The molecule has 0 unspecified atom stereocenters. The highest BCUT2D eigenvalue weighted by Crippen LogP contribution is 2.22. The molecule has 0 aromatic carbocycles. The van der Waals surface area contributed by atoms with Gasteiger partial charge in [0.05, 0.1) is 11.3 Å². The van der Waals surface area contributed by atoms with Crippen LogP contribution >= 0.6 is 15.9 Å². The Hall–Kier alpha value is -1.77. The van der Waals surface area contributed by atoms with Gasteiger partial charge in [-0.15, -0.1) is 0 Å². The predicted molar refractivity (Wildman–Crippen MR) is 54.7 cm³/mol. The fourth-order valence-electron chi connectivity index (χ4n) is 1.14. The fourth-order valence-corrected chi connectivity index (χ4v) is 1.60. The molecule has 0 fully saturated rings. The summed E-state index contributed by atoms with van der Waals surface area (Å²) in [6, 6.07) is 0. The molecule has 0 N–H and O–H groups in total. The summed E-state index contributed by atoms with van der Waals surface area (Å²) < 4.78 is 6.46. The first kappa shape index (κ1) is 10.7. The van der Waals surface area contributed by atoms with Crippen molar-refractivity contribution in [2.75, 3.05) is 0 Å². The second-order valence-electron chi connectivity index (χ2n) is 2.98. The molecule has 0 saturated carbocycles. The van der Waals surface area contributed by atoms with Gasteiger partial charge >= 0.3 is 5.82 Å². The Morgan fingerprint density at radius 2 is 2.44 bits per heavy atom. The highest BCUT2D eigenvalue weighted by Gasteiger charge is 2.19. The first-order valence-electron chi connectivity index (χ1n) is 4.23. The predicted octanol–water partition coefficient (Wildman–Crippen LogP) is 1.29. The summed E-state index contributed by atoms with van der Waals surface area (Å²) in [7, 11) is 0. The minimum atomic E-state index is -0.567. The summed E-state index contributed by atoms with van der Waals surface area (Å²) in [4.78, 5) is 13.9. The Labute approximate surface area is 97.5 Å². The number of rotatable bonds is 3. The molecular weight excluding hydrogens is 282 g/mol. The highest BCUT2D eigenvalue weighted by atomic mass is 79.9. The van der Waals surface area contributed by atoms with Gasteiger partial charge in [0, 0.05) is 6.92 Å². The van der Waals surface area contributed by atoms with Crippen LogP contribution in [0.15, 0.2) is 15.2 Å². The molecule has 2 aromatic heterocycles. The average molecular weight is 288 g/mol. The van der Waals surface area contributed by atoms with Gasteiger partial charge in [-0.05, 0) is 20.9 Å².